The van der Waals surface area contributed by atoms with Gasteiger partial charge in [0.05, 0.1) is 5.25 Å². The summed E-state index contributed by atoms with van der Waals surface area (Å²) in [7, 11) is 0. The number of amides is 1. The molecule has 0 saturated carbocycles. The molecule has 0 bridgehead atoms. The number of hydrogen-bond donors (Lipinski definition) is 1. The Bertz CT molecular complexity index is 411. The van der Waals surface area contributed by atoms with Crippen molar-refractivity contribution in [3.8, 4) is 0 Å². The van der Waals surface area contributed by atoms with Crippen LogP contribution in [0.3, 0.4) is 0 Å². The summed E-state index contributed by atoms with van der Waals surface area (Å²) in [6, 6.07) is 6.14. The minimum Gasteiger partial charge on any atom is -0.325 e. The average molecular weight is 249 g/mol. The van der Waals surface area contributed by atoms with Gasteiger partial charge in [-0.2, -0.15) is 0 Å². The summed E-state index contributed by atoms with van der Waals surface area (Å²) in [5, 5.41) is 3.19. The number of nitrogens with one attached hydrogen (secondary N) is 1. The van der Waals surface area contributed by atoms with Crippen molar-refractivity contribution in [2.45, 2.75) is 38.4 Å². The van der Waals surface area contributed by atoms with Crippen LogP contribution in [0.5, 0.6) is 0 Å². The second-order valence-corrected chi connectivity index (χ2v) is 5.97. The largest absolute Gasteiger partial charge is 0.325 e. The van der Waals surface area contributed by atoms with Crippen molar-refractivity contribution in [1.82, 2.24) is 0 Å². The summed E-state index contributed by atoms with van der Waals surface area (Å²) in [5.41, 5.74) is 3.32. The topological polar surface area (TPSA) is 29.1 Å². The predicted octanol–water partition coefficient (Wildman–Crippen LogP) is 3.53. The van der Waals surface area contributed by atoms with Gasteiger partial charge in [-0.25, -0.2) is 0 Å². The Hall–Kier alpha value is -0.960. The number of rotatable bonds is 2. The average Bonchev–Trinajstić information content (AvgIpc) is 2.34. The molecule has 0 spiro atoms. The third-order valence-corrected chi connectivity index (χ3v) is 4.49. The minimum atomic E-state index is 0.143. The number of carbonyl (C=O) groups is 1. The SMILES string of the molecule is Cc1ccc(NC(=O)C2CCCCS2)c(C)c1. The van der Waals surface area contributed by atoms with E-state index in [1.54, 1.807) is 11.8 Å². The van der Waals surface area contributed by atoms with Gasteiger partial charge in [0.15, 0.2) is 0 Å². The van der Waals surface area contributed by atoms with Crippen LogP contribution in [-0.2, 0) is 4.79 Å². The van der Waals surface area contributed by atoms with Crippen LogP contribution in [-0.4, -0.2) is 16.9 Å². The van der Waals surface area contributed by atoms with Gasteiger partial charge in [0.25, 0.3) is 0 Å². The monoisotopic (exact) mass is 249 g/mol. The van der Waals surface area contributed by atoms with Crippen molar-refractivity contribution in [3.63, 3.8) is 0 Å². The van der Waals surface area contributed by atoms with Gasteiger partial charge in [-0.05, 0) is 44.1 Å². The first-order valence-electron chi connectivity index (χ1n) is 6.16. The highest BCUT2D eigenvalue weighted by Gasteiger charge is 2.21. The molecule has 1 unspecified atom stereocenters. The standard InChI is InChI=1S/C14H19NOS/c1-10-6-7-12(11(2)9-10)15-14(16)13-5-3-4-8-17-13/h6-7,9,13H,3-5,8H2,1-2H3,(H,15,16). The van der Waals surface area contributed by atoms with Gasteiger partial charge in [-0.15, -0.1) is 11.8 Å². The number of thioether (sulfide) groups is 1. The zero-order valence-corrected chi connectivity index (χ0v) is 11.3. The van der Waals surface area contributed by atoms with Crippen molar-refractivity contribution in [1.29, 1.82) is 0 Å². The smallest absolute Gasteiger partial charge is 0.237 e. The molecule has 1 saturated heterocycles. The molecule has 1 aliphatic heterocycles. The fourth-order valence-electron chi connectivity index (χ4n) is 2.11. The number of anilines is 1. The van der Waals surface area contributed by atoms with Gasteiger partial charge < -0.3 is 5.32 Å². The summed E-state index contributed by atoms with van der Waals surface area (Å²) in [5.74, 6) is 1.28. The van der Waals surface area contributed by atoms with Gasteiger partial charge in [0.1, 0.15) is 0 Å². The molecule has 1 atom stereocenters. The Morgan fingerprint density at radius 2 is 2.18 bits per heavy atom. The lowest BCUT2D eigenvalue weighted by atomic mass is 10.1. The number of benzene rings is 1. The zero-order valence-electron chi connectivity index (χ0n) is 10.5. The van der Waals surface area contributed by atoms with Crippen LogP contribution in [0.25, 0.3) is 0 Å². The second-order valence-electron chi connectivity index (χ2n) is 4.66. The Kier molecular flexibility index (Phi) is 4.11. The van der Waals surface area contributed by atoms with Gasteiger partial charge in [-0.1, -0.05) is 24.1 Å². The maximum Gasteiger partial charge on any atom is 0.237 e. The van der Waals surface area contributed by atoms with Crippen LogP contribution in [0, 0.1) is 13.8 Å². The molecular weight excluding hydrogens is 230 g/mol. The van der Waals surface area contributed by atoms with Crippen LogP contribution >= 0.6 is 11.8 Å². The third-order valence-electron chi connectivity index (χ3n) is 3.11. The van der Waals surface area contributed by atoms with E-state index in [1.807, 2.05) is 19.1 Å². The lowest BCUT2D eigenvalue weighted by molar-refractivity contribution is -0.115. The molecule has 1 aromatic carbocycles. The maximum atomic E-state index is 12.1. The summed E-state index contributed by atoms with van der Waals surface area (Å²) in [4.78, 5) is 12.1. The predicted molar refractivity (Wildman–Crippen MR) is 74.6 cm³/mol. The van der Waals surface area contributed by atoms with Gasteiger partial charge in [0.2, 0.25) is 5.91 Å². The summed E-state index contributed by atoms with van der Waals surface area (Å²) in [6.07, 6.45) is 3.44. The fraction of sp³-hybridized carbons (Fsp3) is 0.500. The molecule has 1 amide bonds. The van der Waals surface area contributed by atoms with Gasteiger partial charge in [0, 0.05) is 5.69 Å². The van der Waals surface area contributed by atoms with Crippen molar-refractivity contribution >= 4 is 23.4 Å². The number of aryl methyl sites for hydroxylation is 2. The van der Waals surface area contributed by atoms with Crippen molar-refractivity contribution in [2.75, 3.05) is 11.1 Å². The molecule has 1 heterocycles. The van der Waals surface area contributed by atoms with Crippen LogP contribution in [0.1, 0.15) is 30.4 Å². The Balaban J connectivity index is 2.02. The highest BCUT2D eigenvalue weighted by molar-refractivity contribution is 8.00. The lowest BCUT2D eigenvalue weighted by Crippen LogP contribution is -2.27. The molecule has 1 N–H and O–H groups in total. The van der Waals surface area contributed by atoms with Crippen LogP contribution < -0.4 is 5.32 Å². The molecule has 0 aliphatic carbocycles. The van der Waals surface area contributed by atoms with Gasteiger partial charge in [-0.3, -0.25) is 4.79 Å². The van der Waals surface area contributed by atoms with Crippen molar-refractivity contribution < 1.29 is 4.79 Å². The summed E-state index contributed by atoms with van der Waals surface area (Å²) < 4.78 is 0. The zero-order chi connectivity index (χ0) is 12.3. The van der Waals surface area contributed by atoms with E-state index in [2.05, 4.69) is 18.3 Å². The molecule has 92 valence electrons. The molecule has 0 radical (unpaired) electrons. The van der Waals surface area contributed by atoms with Crippen LogP contribution in [0.2, 0.25) is 0 Å². The van der Waals surface area contributed by atoms with E-state index in [0.717, 1.165) is 23.4 Å². The van der Waals surface area contributed by atoms with Crippen LogP contribution in [0.4, 0.5) is 5.69 Å². The highest BCUT2D eigenvalue weighted by atomic mass is 32.2. The normalized spacial score (nSPS) is 20.0. The van der Waals surface area contributed by atoms with E-state index in [4.69, 9.17) is 0 Å². The van der Waals surface area contributed by atoms with E-state index in [-0.39, 0.29) is 11.2 Å². The van der Waals surface area contributed by atoms with E-state index in [9.17, 15) is 4.79 Å². The molecule has 1 aliphatic rings. The molecule has 1 aromatic rings. The molecular formula is C14H19NOS. The van der Waals surface area contributed by atoms with Gasteiger partial charge >= 0.3 is 0 Å². The first-order chi connectivity index (χ1) is 8.16. The van der Waals surface area contributed by atoms with E-state index >= 15 is 0 Å². The summed E-state index contributed by atoms with van der Waals surface area (Å²) in [6.45, 7) is 4.10. The van der Waals surface area contributed by atoms with Crippen LogP contribution in [0.15, 0.2) is 18.2 Å². The Labute approximate surface area is 107 Å². The molecule has 17 heavy (non-hydrogen) atoms. The quantitative estimate of drug-likeness (QED) is 0.868. The number of carbonyl (C=O) groups excluding carboxylic acids is 1. The number of hydrogen-bond acceptors (Lipinski definition) is 2. The highest BCUT2D eigenvalue weighted by Crippen LogP contribution is 2.26. The third kappa shape index (κ3) is 3.25. The molecule has 3 heteroatoms. The lowest BCUT2D eigenvalue weighted by Gasteiger charge is -2.21. The molecule has 2 rings (SSSR count). The Morgan fingerprint density at radius 1 is 1.35 bits per heavy atom. The second kappa shape index (κ2) is 5.58. The van der Waals surface area contributed by atoms with Crippen molar-refractivity contribution in [2.24, 2.45) is 0 Å². The van der Waals surface area contributed by atoms with E-state index in [1.165, 1.54) is 18.4 Å². The first kappa shape index (κ1) is 12.5. The Morgan fingerprint density at radius 3 is 2.82 bits per heavy atom. The minimum absolute atomic E-state index is 0.143. The van der Waals surface area contributed by atoms with E-state index < -0.39 is 0 Å². The molecule has 0 aromatic heterocycles. The van der Waals surface area contributed by atoms with E-state index in [0.29, 0.717) is 0 Å². The first-order valence-corrected chi connectivity index (χ1v) is 7.21. The maximum absolute atomic E-state index is 12.1. The fourth-order valence-corrected chi connectivity index (χ4v) is 3.31. The van der Waals surface area contributed by atoms with Crippen molar-refractivity contribution in [3.05, 3.63) is 29.3 Å². The molecule has 1 fully saturated rings. The summed E-state index contributed by atoms with van der Waals surface area (Å²) >= 11 is 1.79. The molecule has 2 nitrogen and oxygen atoms in total.